The molecule has 0 bridgehead atoms. The van der Waals surface area contributed by atoms with Crippen LogP contribution in [0.1, 0.15) is 0 Å². The van der Waals surface area contributed by atoms with Crippen LogP contribution < -0.4 is 0 Å². The smallest absolute Gasteiger partial charge is 0.187 e. The average molecular weight is 342 g/mol. The zero-order valence-corrected chi connectivity index (χ0v) is 12.0. The van der Waals surface area contributed by atoms with Gasteiger partial charge in [0.25, 0.3) is 0 Å². The summed E-state index contributed by atoms with van der Waals surface area (Å²) < 4.78 is 15.3. The molecule has 0 amide bonds. The van der Waals surface area contributed by atoms with E-state index in [2.05, 4.69) is 0 Å². The Morgan fingerprint density at radius 1 is 0.652 bits per heavy atom. The van der Waals surface area contributed by atoms with Crippen molar-refractivity contribution in [3.63, 3.8) is 0 Å². The Hall–Kier alpha value is -0.440. The molecule has 0 radical (unpaired) electrons. The SMILES string of the molecule is OC[C@H]1O[C@H](O[C@H]2[C@@H](O)[C@@H](O)[C@@H](O)O[C@@H]2CO)[C@H](O)[C@H](O)[C@@H]1O. The predicted molar refractivity (Wildman–Crippen MR) is 68.6 cm³/mol. The van der Waals surface area contributed by atoms with Gasteiger partial charge >= 0.3 is 0 Å². The summed E-state index contributed by atoms with van der Waals surface area (Å²) in [6, 6.07) is 0. The van der Waals surface area contributed by atoms with Crippen LogP contribution in [0, 0.1) is 0 Å². The van der Waals surface area contributed by atoms with Crippen molar-refractivity contribution in [2.45, 2.75) is 61.4 Å². The van der Waals surface area contributed by atoms with E-state index in [0.717, 1.165) is 0 Å². The molecular weight excluding hydrogens is 320 g/mol. The summed E-state index contributed by atoms with van der Waals surface area (Å²) in [5.41, 5.74) is 0. The van der Waals surface area contributed by atoms with E-state index >= 15 is 0 Å². The number of aliphatic hydroxyl groups excluding tert-OH is 8. The number of hydrogen-bond acceptors (Lipinski definition) is 11. The molecule has 2 saturated heterocycles. The molecule has 0 aromatic carbocycles. The molecular formula is C12H22O11. The molecule has 2 rings (SSSR count). The summed E-state index contributed by atoms with van der Waals surface area (Å²) in [6.45, 7) is -1.35. The summed E-state index contributed by atoms with van der Waals surface area (Å²) in [5.74, 6) is 0. The van der Waals surface area contributed by atoms with Crippen LogP contribution in [0.25, 0.3) is 0 Å². The molecule has 0 spiro atoms. The number of rotatable bonds is 4. The van der Waals surface area contributed by atoms with Crippen LogP contribution in [0.4, 0.5) is 0 Å². The van der Waals surface area contributed by atoms with Crippen LogP contribution in [0.15, 0.2) is 0 Å². The molecule has 0 unspecified atom stereocenters. The zero-order valence-electron chi connectivity index (χ0n) is 12.0. The van der Waals surface area contributed by atoms with Crippen LogP contribution in [-0.4, -0.2) is 115 Å². The number of aliphatic hydroxyl groups is 8. The van der Waals surface area contributed by atoms with Gasteiger partial charge in [0.15, 0.2) is 12.6 Å². The largest absolute Gasteiger partial charge is 0.394 e. The molecule has 0 aromatic rings. The maximum Gasteiger partial charge on any atom is 0.187 e. The Balaban J connectivity index is 2.11. The summed E-state index contributed by atoms with van der Waals surface area (Å²) in [4.78, 5) is 0. The van der Waals surface area contributed by atoms with Crippen molar-refractivity contribution in [2.75, 3.05) is 13.2 Å². The van der Waals surface area contributed by atoms with E-state index in [1.165, 1.54) is 0 Å². The van der Waals surface area contributed by atoms with Gasteiger partial charge in [-0.1, -0.05) is 0 Å². The lowest BCUT2D eigenvalue weighted by Gasteiger charge is -2.45. The molecule has 11 heteroatoms. The molecule has 2 aliphatic heterocycles. The van der Waals surface area contributed by atoms with Crippen molar-refractivity contribution < 1.29 is 55.1 Å². The van der Waals surface area contributed by atoms with Crippen LogP contribution in [0.5, 0.6) is 0 Å². The van der Waals surface area contributed by atoms with E-state index in [0.29, 0.717) is 0 Å². The summed E-state index contributed by atoms with van der Waals surface area (Å²) >= 11 is 0. The lowest BCUT2D eigenvalue weighted by Crippen LogP contribution is -2.64. The topological polar surface area (TPSA) is 190 Å². The van der Waals surface area contributed by atoms with Gasteiger partial charge in [-0.25, -0.2) is 0 Å². The molecule has 2 aliphatic rings. The summed E-state index contributed by atoms with van der Waals surface area (Å²) in [5, 5.41) is 76.5. The van der Waals surface area contributed by atoms with Crippen molar-refractivity contribution in [1.29, 1.82) is 0 Å². The van der Waals surface area contributed by atoms with Gasteiger partial charge in [0, 0.05) is 0 Å². The predicted octanol–water partition coefficient (Wildman–Crippen LogP) is -5.40. The quantitative estimate of drug-likeness (QED) is 0.243. The second kappa shape index (κ2) is 7.63. The van der Waals surface area contributed by atoms with Crippen molar-refractivity contribution in [2.24, 2.45) is 0 Å². The van der Waals surface area contributed by atoms with Gasteiger partial charge < -0.3 is 55.1 Å². The van der Waals surface area contributed by atoms with Gasteiger partial charge in [0.05, 0.1) is 13.2 Å². The lowest BCUT2D eigenvalue weighted by atomic mass is 9.97. The van der Waals surface area contributed by atoms with E-state index in [1.54, 1.807) is 0 Å². The maximum absolute atomic E-state index is 9.94. The molecule has 0 aliphatic carbocycles. The Kier molecular flexibility index (Phi) is 6.27. The Bertz CT molecular complexity index is 378. The second-order valence-electron chi connectivity index (χ2n) is 5.53. The van der Waals surface area contributed by atoms with Gasteiger partial charge in [-0.2, -0.15) is 0 Å². The molecule has 136 valence electrons. The van der Waals surface area contributed by atoms with Crippen LogP contribution in [0.2, 0.25) is 0 Å². The first-order chi connectivity index (χ1) is 10.8. The minimum Gasteiger partial charge on any atom is -0.394 e. The fourth-order valence-corrected chi connectivity index (χ4v) is 2.57. The van der Waals surface area contributed by atoms with E-state index in [-0.39, 0.29) is 0 Å². The minimum absolute atomic E-state index is 0.667. The van der Waals surface area contributed by atoms with E-state index in [9.17, 15) is 35.7 Å². The molecule has 23 heavy (non-hydrogen) atoms. The van der Waals surface area contributed by atoms with Crippen molar-refractivity contribution >= 4 is 0 Å². The normalized spacial score (nSPS) is 51.7. The van der Waals surface area contributed by atoms with Crippen molar-refractivity contribution in [1.82, 2.24) is 0 Å². The molecule has 8 N–H and O–H groups in total. The van der Waals surface area contributed by atoms with Crippen LogP contribution >= 0.6 is 0 Å². The fourth-order valence-electron chi connectivity index (χ4n) is 2.57. The van der Waals surface area contributed by atoms with Gasteiger partial charge in [-0.15, -0.1) is 0 Å². The second-order valence-corrected chi connectivity index (χ2v) is 5.53. The van der Waals surface area contributed by atoms with Gasteiger partial charge in [-0.3, -0.25) is 0 Å². The highest BCUT2D eigenvalue weighted by atomic mass is 16.7. The number of hydrogen-bond donors (Lipinski definition) is 8. The zero-order chi connectivity index (χ0) is 17.3. The van der Waals surface area contributed by atoms with Gasteiger partial charge in [0.1, 0.15) is 48.8 Å². The van der Waals surface area contributed by atoms with E-state index < -0.39 is 74.6 Å². The minimum atomic E-state index is -1.74. The summed E-state index contributed by atoms with van der Waals surface area (Å²) in [6.07, 6.45) is -15.6. The highest BCUT2D eigenvalue weighted by Gasteiger charge is 2.50. The van der Waals surface area contributed by atoms with Gasteiger partial charge in [0.2, 0.25) is 0 Å². The molecule has 2 fully saturated rings. The van der Waals surface area contributed by atoms with Crippen LogP contribution in [0.3, 0.4) is 0 Å². The Morgan fingerprint density at radius 3 is 1.83 bits per heavy atom. The molecule has 0 aromatic heterocycles. The van der Waals surface area contributed by atoms with E-state index in [1.807, 2.05) is 0 Å². The third-order valence-corrected chi connectivity index (χ3v) is 3.98. The maximum atomic E-state index is 9.94. The van der Waals surface area contributed by atoms with Gasteiger partial charge in [-0.05, 0) is 0 Å². The van der Waals surface area contributed by atoms with Crippen molar-refractivity contribution in [3.8, 4) is 0 Å². The molecule has 2 heterocycles. The highest BCUT2D eigenvalue weighted by molar-refractivity contribution is 4.93. The standard InChI is InChI=1S/C12H22O11/c13-1-3-5(15)6(16)9(19)12(22-3)23-10-4(2-14)21-11(20)8(18)7(10)17/h3-20H,1-2H2/t3-,4-,5-,6-,7+,8-,9-,10-,11+,12-/m1/s1. The monoisotopic (exact) mass is 342 g/mol. The third kappa shape index (κ3) is 3.65. The first-order valence-corrected chi connectivity index (χ1v) is 7.08. The molecule has 11 nitrogen and oxygen atoms in total. The van der Waals surface area contributed by atoms with Crippen molar-refractivity contribution in [3.05, 3.63) is 0 Å². The average Bonchev–Trinajstić information content (AvgIpc) is 2.55. The first kappa shape index (κ1) is 18.9. The number of ether oxygens (including phenoxy) is 3. The Morgan fingerprint density at radius 2 is 1.26 bits per heavy atom. The first-order valence-electron chi connectivity index (χ1n) is 7.08. The van der Waals surface area contributed by atoms with Crippen LogP contribution in [-0.2, 0) is 14.2 Å². The Labute approximate surface area is 130 Å². The third-order valence-electron chi connectivity index (χ3n) is 3.98. The molecule has 10 atom stereocenters. The van der Waals surface area contributed by atoms with E-state index in [4.69, 9.17) is 19.3 Å². The highest BCUT2D eigenvalue weighted by Crippen LogP contribution is 2.28. The lowest BCUT2D eigenvalue weighted by molar-refractivity contribution is -0.355. The fraction of sp³-hybridized carbons (Fsp3) is 1.00. The molecule has 0 saturated carbocycles. The summed E-state index contributed by atoms with van der Waals surface area (Å²) in [7, 11) is 0.